The third-order valence-corrected chi connectivity index (χ3v) is 4.46. The van der Waals surface area contributed by atoms with Gasteiger partial charge in [-0.25, -0.2) is 0 Å². The highest BCUT2D eigenvalue weighted by Gasteiger charge is 2.28. The van der Waals surface area contributed by atoms with Crippen molar-refractivity contribution >= 4 is 38.4 Å². The summed E-state index contributed by atoms with van der Waals surface area (Å²) in [7, 11) is 0. The van der Waals surface area contributed by atoms with Crippen molar-refractivity contribution in [1.29, 1.82) is 5.41 Å². The number of nitrogens with one attached hydrogen (secondary N) is 1. The van der Waals surface area contributed by atoms with Gasteiger partial charge in [0.05, 0.1) is 0 Å². The SMILES string of the molecule is CC1(C)C/C(=C\CSC(=N)N)c2cc(Br)ccc2C1. The van der Waals surface area contributed by atoms with Gasteiger partial charge in [0.15, 0.2) is 5.17 Å². The highest BCUT2D eigenvalue weighted by atomic mass is 79.9. The summed E-state index contributed by atoms with van der Waals surface area (Å²) in [6.07, 6.45) is 4.42. The van der Waals surface area contributed by atoms with Crippen LogP contribution in [0.3, 0.4) is 0 Å². The number of nitrogens with two attached hydrogens (primary N) is 1. The molecule has 0 unspecified atom stereocenters. The van der Waals surface area contributed by atoms with Crippen LogP contribution in [0.4, 0.5) is 0 Å². The molecular weight excluding hydrogens is 320 g/mol. The Kier molecular flexibility index (Phi) is 4.41. The molecule has 0 radical (unpaired) electrons. The normalized spacial score (nSPS) is 19.2. The molecule has 0 spiro atoms. The van der Waals surface area contributed by atoms with Gasteiger partial charge in [-0.05, 0) is 47.1 Å². The second kappa shape index (κ2) is 5.71. The lowest BCUT2D eigenvalue weighted by Crippen LogP contribution is -2.21. The first kappa shape index (κ1) is 14.7. The van der Waals surface area contributed by atoms with E-state index in [-0.39, 0.29) is 5.17 Å². The van der Waals surface area contributed by atoms with Crippen molar-refractivity contribution in [3.8, 4) is 0 Å². The summed E-state index contributed by atoms with van der Waals surface area (Å²) in [5.41, 5.74) is 9.83. The average molecular weight is 339 g/mol. The molecular formula is C15H19BrN2S. The van der Waals surface area contributed by atoms with Gasteiger partial charge in [0.2, 0.25) is 0 Å². The molecule has 0 bridgehead atoms. The van der Waals surface area contributed by atoms with Crippen molar-refractivity contribution in [2.75, 3.05) is 5.75 Å². The highest BCUT2D eigenvalue weighted by molar-refractivity contribution is 9.10. The van der Waals surface area contributed by atoms with E-state index in [1.165, 1.54) is 28.5 Å². The predicted molar refractivity (Wildman–Crippen MR) is 88.6 cm³/mol. The number of thioether (sulfide) groups is 1. The summed E-state index contributed by atoms with van der Waals surface area (Å²) in [5.74, 6) is 0.771. The number of amidine groups is 1. The van der Waals surface area contributed by atoms with Gasteiger partial charge in [0.1, 0.15) is 0 Å². The molecule has 3 N–H and O–H groups in total. The Morgan fingerprint density at radius 3 is 2.89 bits per heavy atom. The Hall–Kier alpha value is -0.740. The summed E-state index contributed by atoms with van der Waals surface area (Å²) in [6.45, 7) is 4.62. The fourth-order valence-corrected chi connectivity index (χ4v) is 3.43. The van der Waals surface area contributed by atoms with E-state index < -0.39 is 0 Å². The molecule has 0 aromatic heterocycles. The standard InChI is InChI=1S/C15H19BrN2S/c1-15(2)8-10-3-4-12(16)7-13(10)11(9-15)5-6-19-14(17)18/h3-5,7H,6,8-9H2,1-2H3,(H3,17,18)/b11-5+. The van der Waals surface area contributed by atoms with Gasteiger partial charge in [0.25, 0.3) is 0 Å². The summed E-state index contributed by atoms with van der Waals surface area (Å²) in [4.78, 5) is 0. The van der Waals surface area contributed by atoms with E-state index in [1.54, 1.807) is 0 Å². The minimum Gasteiger partial charge on any atom is -0.379 e. The van der Waals surface area contributed by atoms with Crippen LogP contribution >= 0.6 is 27.7 Å². The minimum atomic E-state index is 0.182. The number of benzene rings is 1. The van der Waals surface area contributed by atoms with E-state index >= 15 is 0 Å². The van der Waals surface area contributed by atoms with Crippen LogP contribution < -0.4 is 5.73 Å². The van der Waals surface area contributed by atoms with Gasteiger partial charge in [-0.3, -0.25) is 5.41 Å². The van der Waals surface area contributed by atoms with Crippen molar-refractivity contribution in [1.82, 2.24) is 0 Å². The van der Waals surface area contributed by atoms with Gasteiger partial charge < -0.3 is 5.73 Å². The third kappa shape index (κ3) is 3.86. The average Bonchev–Trinajstić information content (AvgIpc) is 2.28. The van der Waals surface area contributed by atoms with Crippen LogP contribution in [0.15, 0.2) is 28.7 Å². The molecule has 102 valence electrons. The topological polar surface area (TPSA) is 49.9 Å². The van der Waals surface area contributed by atoms with Crippen LogP contribution in [-0.2, 0) is 6.42 Å². The Labute approximate surface area is 127 Å². The Morgan fingerprint density at radius 1 is 1.47 bits per heavy atom. The van der Waals surface area contributed by atoms with Crippen molar-refractivity contribution in [3.63, 3.8) is 0 Å². The maximum Gasteiger partial charge on any atom is 0.151 e. The predicted octanol–water partition coefficient (Wildman–Crippen LogP) is 4.43. The number of allylic oxidation sites excluding steroid dienone is 1. The number of hydrogen-bond acceptors (Lipinski definition) is 2. The zero-order chi connectivity index (χ0) is 14.0. The highest BCUT2D eigenvalue weighted by Crippen LogP contribution is 2.42. The van der Waals surface area contributed by atoms with Crippen molar-refractivity contribution < 1.29 is 0 Å². The summed E-state index contributed by atoms with van der Waals surface area (Å²) in [6, 6.07) is 6.53. The molecule has 1 aliphatic carbocycles. The Balaban J connectivity index is 2.33. The molecule has 0 saturated heterocycles. The minimum absolute atomic E-state index is 0.182. The Bertz CT molecular complexity index is 535. The largest absolute Gasteiger partial charge is 0.379 e. The molecule has 0 atom stereocenters. The molecule has 19 heavy (non-hydrogen) atoms. The number of halogens is 1. The van der Waals surface area contributed by atoms with Gasteiger partial charge in [0, 0.05) is 10.2 Å². The molecule has 0 aliphatic heterocycles. The van der Waals surface area contributed by atoms with E-state index in [0.29, 0.717) is 5.41 Å². The van der Waals surface area contributed by atoms with Gasteiger partial charge >= 0.3 is 0 Å². The second-order valence-corrected chi connectivity index (χ2v) is 7.70. The molecule has 0 fully saturated rings. The molecule has 2 rings (SSSR count). The molecule has 0 saturated carbocycles. The van der Waals surface area contributed by atoms with Crippen LogP contribution in [0.1, 0.15) is 31.4 Å². The van der Waals surface area contributed by atoms with E-state index in [0.717, 1.165) is 23.1 Å². The molecule has 0 amide bonds. The first-order valence-corrected chi connectivity index (χ1v) is 8.10. The molecule has 4 heteroatoms. The number of fused-ring (bicyclic) bond motifs is 1. The van der Waals surface area contributed by atoms with Crippen LogP contribution in [0.5, 0.6) is 0 Å². The second-order valence-electron chi connectivity index (χ2n) is 5.72. The summed E-state index contributed by atoms with van der Waals surface area (Å²) < 4.78 is 1.12. The summed E-state index contributed by atoms with van der Waals surface area (Å²) >= 11 is 4.93. The number of rotatable bonds is 2. The first-order chi connectivity index (χ1) is 8.87. The van der Waals surface area contributed by atoms with E-state index in [2.05, 4.69) is 54.1 Å². The maximum atomic E-state index is 7.27. The molecule has 2 nitrogen and oxygen atoms in total. The summed E-state index contributed by atoms with van der Waals surface area (Å²) in [5, 5.41) is 7.45. The lowest BCUT2D eigenvalue weighted by molar-refractivity contribution is 0.365. The zero-order valence-electron chi connectivity index (χ0n) is 11.3. The smallest absolute Gasteiger partial charge is 0.151 e. The number of hydrogen-bond donors (Lipinski definition) is 2. The van der Waals surface area contributed by atoms with Crippen molar-refractivity contribution in [2.45, 2.75) is 26.7 Å². The van der Waals surface area contributed by atoms with Crippen molar-refractivity contribution in [3.05, 3.63) is 39.9 Å². The zero-order valence-corrected chi connectivity index (χ0v) is 13.7. The molecule has 1 aromatic rings. The fraction of sp³-hybridized carbons (Fsp3) is 0.400. The first-order valence-electron chi connectivity index (χ1n) is 6.32. The van der Waals surface area contributed by atoms with Gasteiger partial charge in [-0.15, -0.1) is 0 Å². The van der Waals surface area contributed by atoms with Gasteiger partial charge in [-0.1, -0.05) is 53.7 Å². The lowest BCUT2D eigenvalue weighted by Gasteiger charge is -2.33. The third-order valence-electron chi connectivity index (χ3n) is 3.32. The fourth-order valence-electron chi connectivity index (χ4n) is 2.60. The molecule has 1 aliphatic rings. The van der Waals surface area contributed by atoms with Crippen LogP contribution in [0.25, 0.3) is 5.57 Å². The van der Waals surface area contributed by atoms with Crippen LogP contribution in [-0.4, -0.2) is 10.9 Å². The van der Waals surface area contributed by atoms with E-state index in [9.17, 15) is 0 Å². The monoisotopic (exact) mass is 338 g/mol. The van der Waals surface area contributed by atoms with Crippen molar-refractivity contribution in [2.24, 2.45) is 11.1 Å². The van der Waals surface area contributed by atoms with E-state index in [4.69, 9.17) is 11.1 Å². The molecule has 0 heterocycles. The van der Waals surface area contributed by atoms with E-state index in [1.807, 2.05) is 0 Å². The van der Waals surface area contributed by atoms with Crippen LogP contribution in [0.2, 0.25) is 0 Å². The quantitative estimate of drug-likeness (QED) is 0.618. The molecule has 1 aromatic carbocycles. The van der Waals surface area contributed by atoms with Crippen LogP contribution in [0, 0.1) is 10.8 Å². The van der Waals surface area contributed by atoms with Gasteiger partial charge in [-0.2, -0.15) is 0 Å². The maximum absolute atomic E-state index is 7.27. The lowest BCUT2D eigenvalue weighted by atomic mass is 9.72. The Morgan fingerprint density at radius 2 is 2.21 bits per heavy atom.